The SMILES string of the molecule is CCc1cccc(NC(N)=NCC(=O)OC(C)(C)C)c1.I. The van der Waals surface area contributed by atoms with Crippen LogP contribution in [0.2, 0.25) is 0 Å². The topological polar surface area (TPSA) is 76.7 Å². The van der Waals surface area contributed by atoms with Gasteiger partial charge < -0.3 is 15.8 Å². The summed E-state index contributed by atoms with van der Waals surface area (Å²) in [6.07, 6.45) is 0.949. The maximum absolute atomic E-state index is 11.5. The molecule has 1 aromatic rings. The number of esters is 1. The van der Waals surface area contributed by atoms with E-state index in [1.807, 2.05) is 45.0 Å². The van der Waals surface area contributed by atoms with Crippen molar-refractivity contribution in [2.45, 2.75) is 39.7 Å². The van der Waals surface area contributed by atoms with Crippen molar-refractivity contribution in [3.05, 3.63) is 29.8 Å². The summed E-state index contributed by atoms with van der Waals surface area (Å²) in [5.74, 6) is -0.200. The van der Waals surface area contributed by atoms with Gasteiger partial charge in [0.15, 0.2) is 5.96 Å². The van der Waals surface area contributed by atoms with E-state index in [2.05, 4.69) is 17.2 Å². The van der Waals surface area contributed by atoms with Gasteiger partial charge in [-0.15, -0.1) is 24.0 Å². The molecule has 0 unspecified atom stereocenters. The number of rotatable bonds is 4. The molecule has 1 aromatic carbocycles. The van der Waals surface area contributed by atoms with Crippen LogP contribution in [0.3, 0.4) is 0 Å². The molecule has 0 bridgehead atoms. The van der Waals surface area contributed by atoms with E-state index >= 15 is 0 Å². The Balaban J connectivity index is 0.00000400. The third-order valence-corrected chi connectivity index (χ3v) is 2.41. The Bertz CT molecular complexity index is 496. The zero-order valence-corrected chi connectivity index (χ0v) is 15.3. The molecule has 0 aliphatic carbocycles. The lowest BCUT2D eigenvalue weighted by Crippen LogP contribution is -2.28. The molecule has 118 valence electrons. The van der Waals surface area contributed by atoms with E-state index in [0.717, 1.165) is 12.1 Å². The Morgan fingerprint density at radius 1 is 1.38 bits per heavy atom. The van der Waals surface area contributed by atoms with Crippen molar-refractivity contribution in [1.82, 2.24) is 0 Å². The summed E-state index contributed by atoms with van der Waals surface area (Å²) >= 11 is 0. The molecule has 0 heterocycles. The zero-order chi connectivity index (χ0) is 15.2. The van der Waals surface area contributed by atoms with Gasteiger partial charge in [-0.25, -0.2) is 4.99 Å². The average molecular weight is 405 g/mol. The Morgan fingerprint density at radius 2 is 2.05 bits per heavy atom. The second-order valence-corrected chi connectivity index (χ2v) is 5.47. The fourth-order valence-electron chi connectivity index (χ4n) is 1.58. The van der Waals surface area contributed by atoms with Gasteiger partial charge in [0.25, 0.3) is 0 Å². The molecule has 0 saturated carbocycles. The van der Waals surface area contributed by atoms with E-state index in [1.54, 1.807) is 0 Å². The number of halogens is 1. The molecule has 0 aromatic heterocycles. The minimum Gasteiger partial charge on any atom is -0.459 e. The number of benzene rings is 1. The predicted octanol–water partition coefficient (Wildman–Crippen LogP) is 2.94. The van der Waals surface area contributed by atoms with E-state index < -0.39 is 11.6 Å². The number of nitrogens with one attached hydrogen (secondary N) is 1. The molecule has 21 heavy (non-hydrogen) atoms. The normalized spacial score (nSPS) is 11.5. The van der Waals surface area contributed by atoms with Crippen molar-refractivity contribution < 1.29 is 9.53 Å². The number of guanidine groups is 1. The van der Waals surface area contributed by atoms with Crippen LogP contribution in [0.25, 0.3) is 0 Å². The monoisotopic (exact) mass is 405 g/mol. The van der Waals surface area contributed by atoms with Crippen molar-refractivity contribution >= 4 is 41.6 Å². The van der Waals surface area contributed by atoms with E-state index in [4.69, 9.17) is 10.5 Å². The third kappa shape index (κ3) is 8.54. The van der Waals surface area contributed by atoms with Gasteiger partial charge in [-0.2, -0.15) is 0 Å². The minimum atomic E-state index is -0.510. The first-order valence-electron chi connectivity index (χ1n) is 6.68. The maximum atomic E-state index is 11.5. The number of ether oxygens (including phenoxy) is 1. The third-order valence-electron chi connectivity index (χ3n) is 2.41. The van der Waals surface area contributed by atoms with Crippen LogP contribution in [0.1, 0.15) is 33.3 Å². The highest BCUT2D eigenvalue weighted by Crippen LogP contribution is 2.10. The van der Waals surface area contributed by atoms with Crippen molar-refractivity contribution in [3.8, 4) is 0 Å². The molecule has 0 radical (unpaired) electrons. The van der Waals surface area contributed by atoms with E-state index in [-0.39, 0.29) is 36.5 Å². The number of hydrogen-bond acceptors (Lipinski definition) is 3. The molecular weight excluding hydrogens is 381 g/mol. The van der Waals surface area contributed by atoms with Gasteiger partial charge in [-0.1, -0.05) is 19.1 Å². The molecule has 0 fully saturated rings. The maximum Gasteiger partial charge on any atom is 0.328 e. The zero-order valence-electron chi connectivity index (χ0n) is 13.0. The second-order valence-electron chi connectivity index (χ2n) is 5.47. The second kappa shape index (κ2) is 8.86. The summed E-state index contributed by atoms with van der Waals surface area (Å²) in [4.78, 5) is 15.5. The smallest absolute Gasteiger partial charge is 0.328 e. The number of hydrogen-bond donors (Lipinski definition) is 2. The first-order valence-corrected chi connectivity index (χ1v) is 6.68. The Labute approximate surface area is 143 Å². The van der Waals surface area contributed by atoms with Gasteiger partial charge in [0.1, 0.15) is 12.1 Å². The summed E-state index contributed by atoms with van der Waals surface area (Å²) < 4.78 is 5.15. The van der Waals surface area contributed by atoms with Gasteiger partial charge in [0.2, 0.25) is 0 Å². The molecular formula is C15H24IN3O2. The average Bonchev–Trinajstić information content (AvgIpc) is 2.34. The van der Waals surface area contributed by atoms with Crippen molar-refractivity contribution in [3.63, 3.8) is 0 Å². The summed E-state index contributed by atoms with van der Waals surface area (Å²) in [6.45, 7) is 7.42. The lowest BCUT2D eigenvalue weighted by atomic mass is 10.1. The van der Waals surface area contributed by atoms with E-state index in [1.165, 1.54) is 5.56 Å². The van der Waals surface area contributed by atoms with Crippen molar-refractivity contribution in [2.75, 3.05) is 11.9 Å². The molecule has 0 amide bonds. The molecule has 1 rings (SSSR count). The standard InChI is InChI=1S/C15H23N3O2.HI/c1-5-11-7-6-8-12(9-11)18-14(16)17-10-13(19)20-15(2,3)4;/h6-9H,5,10H2,1-4H3,(H3,16,17,18);1H. The van der Waals surface area contributed by atoms with Crippen LogP contribution in [0.5, 0.6) is 0 Å². The summed E-state index contributed by atoms with van der Waals surface area (Å²) in [6, 6.07) is 7.88. The molecule has 0 atom stereocenters. The first kappa shape index (κ1) is 19.7. The molecule has 0 aliphatic heterocycles. The Kier molecular flexibility index (Phi) is 8.31. The minimum absolute atomic E-state index is 0. The molecule has 5 nitrogen and oxygen atoms in total. The predicted molar refractivity (Wildman–Crippen MR) is 97.2 cm³/mol. The highest BCUT2D eigenvalue weighted by atomic mass is 127. The number of carbonyl (C=O) groups is 1. The number of anilines is 1. The molecule has 0 saturated heterocycles. The molecule has 0 spiro atoms. The highest BCUT2D eigenvalue weighted by Gasteiger charge is 2.15. The molecule has 0 aliphatic rings. The lowest BCUT2D eigenvalue weighted by Gasteiger charge is -2.18. The lowest BCUT2D eigenvalue weighted by molar-refractivity contribution is -0.152. The summed E-state index contributed by atoms with van der Waals surface area (Å²) in [7, 11) is 0. The van der Waals surface area contributed by atoms with Gasteiger partial charge in [0.05, 0.1) is 0 Å². The van der Waals surface area contributed by atoms with Gasteiger partial charge in [0, 0.05) is 5.69 Å². The Morgan fingerprint density at radius 3 is 2.62 bits per heavy atom. The van der Waals surface area contributed by atoms with E-state index in [9.17, 15) is 4.79 Å². The van der Waals surface area contributed by atoms with Gasteiger partial charge >= 0.3 is 5.97 Å². The molecule has 6 heteroatoms. The number of aryl methyl sites for hydroxylation is 1. The Hall–Kier alpha value is -1.31. The van der Waals surface area contributed by atoms with Crippen LogP contribution in [0.15, 0.2) is 29.3 Å². The quantitative estimate of drug-likeness (QED) is 0.350. The van der Waals surface area contributed by atoms with Crippen LogP contribution in [0, 0.1) is 0 Å². The van der Waals surface area contributed by atoms with Crippen LogP contribution in [-0.4, -0.2) is 24.1 Å². The van der Waals surface area contributed by atoms with Gasteiger partial charge in [-0.3, -0.25) is 4.79 Å². The van der Waals surface area contributed by atoms with Crippen LogP contribution in [0.4, 0.5) is 5.69 Å². The fourth-order valence-corrected chi connectivity index (χ4v) is 1.58. The van der Waals surface area contributed by atoms with Crippen LogP contribution >= 0.6 is 24.0 Å². The summed E-state index contributed by atoms with van der Waals surface area (Å²) in [5, 5.41) is 2.95. The van der Waals surface area contributed by atoms with Crippen LogP contribution in [-0.2, 0) is 16.0 Å². The van der Waals surface area contributed by atoms with Crippen molar-refractivity contribution in [1.29, 1.82) is 0 Å². The fraction of sp³-hybridized carbons (Fsp3) is 0.467. The number of nitrogens with zero attached hydrogens (tertiary/aromatic N) is 1. The van der Waals surface area contributed by atoms with Crippen molar-refractivity contribution in [2.24, 2.45) is 10.7 Å². The largest absolute Gasteiger partial charge is 0.459 e. The molecule has 3 N–H and O–H groups in total. The number of nitrogens with two attached hydrogens (primary N) is 1. The van der Waals surface area contributed by atoms with E-state index in [0.29, 0.717) is 0 Å². The van der Waals surface area contributed by atoms with Crippen LogP contribution < -0.4 is 11.1 Å². The number of carbonyl (C=O) groups excluding carboxylic acids is 1. The number of aliphatic imine (C=N–C) groups is 1. The first-order chi connectivity index (χ1) is 9.30. The highest BCUT2D eigenvalue weighted by molar-refractivity contribution is 14.0. The van der Waals surface area contributed by atoms with Gasteiger partial charge in [-0.05, 0) is 44.9 Å². The summed E-state index contributed by atoms with van der Waals surface area (Å²) in [5.41, 5.74) is 7.29.